The van der Waals surface area contributed by atoms with Gasteiger partial charge in [-0.05, 0) is 42.1 Å². The molecular weight excluding hydrogens is 324 g/mol. The first-order valence-corrected chi connectivity index (χ1v) is 8.59. The van der Waals surface area contributed by atoms with Gasteiger partial charge in [0.05, 0.1) is 19.3 Å². The monoisotopic (exact) mass is 347 g/mol. The minimum atomic E-state index is -0.926. The van der Waals surface area contributed by atoms with Crippen molar-refractivity contribution in [3.63, 3.8) is 0 Å². The van der Waals surface area contributed by atoms with Crippen LogP contribution in [0.25, 0.3) is 0 Å². The molecule has 134 valence electrons. The number of nitrogens with zero attached hydrogens (tertiary/aromatic N) is 1. The van der Waals surface area contributed by atoms with Crippen molar-refractivity contribution in [2.75, 3.05) is 26.2 Å². The summed E-state index contributed by atoms with van der Waals surface area (Å²) >= 11 is 0. The van der Waals surface area contributed by atoms with E-state index in [1.807, 2.05) is 30.3 Å². The van der Waals surface area contributed by atoms with Gasteiger partial charge in [-0.3, -0.25) is 0 Å². The van der Waals surface area contributed by atoms with E-state index in [-0.39, 0.29) is 0 Å². The molecule has 0 bridgehead atoms. The van der Waals surface area contributed by atoms with Crippen molar-refractivity contribution in [2.45, 2.75) is 19.1 Å². The van der Waals surface area contributed by atoms with E-state index in [1.165, 1.54) is 6.07 Å². The van der Waals surface area contributed by atoms with Crippen LogP contribution >= 0.6 is 0 Å². The number of rotatable bonds is 7. The van der Waals surface area contributed by atoms with Crippen molar-refractivity contribution in [1.29, 1.82) is 0 Å². The van der Waals surface area contributed by atoms with Gasteiger partial charge in [0, 0.05) is 13.1 Å². The SMILES string of the molecule is OC(CN1CCC(COCc2ccccc2)C1)c1ccc(F)c(F)c1. The molecule has 5 heteroatoms. The van der Waals surface area contributed by atoms with Gasteiger partial charge in [0.15, 0.2) is 11.6 Å². The molecule has 1 aliphatic rings. The minimum Gasteiger partial charge on any atom is -0.387 e. The predicted octanol–water partition coefficient (Wildman–Crippen LogP) is 3.54. The third-order valence-electron chi connectivity index (χ3n) is 4.59. The maximum absolute atomic E-state index is 13.3. The largest absolute Gasteiger partial charge is 0.387 e. The molecule has 1 N–H and O–H groups in total. The molecule has 1 heterocycles. The standard InChI is InChI=1S/C20H23F2NO2/c21-18-7-6-17(10-19(18)22)20(24)12-23-9-8-16(11-23)14-25-13-15-4-2-1-3-5-15/h1-7,10,16,20,24H,8-9,11-14H2. The van der Waals surface area contributed by atoms with Crippen molar-refractivity contribution >= 4 is 0 Å². The molecule has 0 amide bonds. The number of β-amino-alcohol motifs (C(OH)–C–C–N with tert-alkyl or cyclic N) is 1. The number of aliphatic hydroxyl groups is 1. The van der Waals surface area contributed by atoms with Crippen LogP contribution in [-0.2, 0) is 11.3 Å². The zero-order valence-corrected chi connectivity index (χ0v) is 14.1. The molecule has 0 saturated carbocycles. The minimum absolute atomic E-state index is 0.405. The molecule has 2 unspecified atom stereocenters. The Kier molecular flexibility index (Phi) is 6.13. The summed E-state index contributed by atoms with van der Waals surface area (Å²) in [5.41, 5.74) is 1.56. The van der Waals surface area contributed by atoms with E-state index >= 15 is 0 Å². The van der Waals surface area contributed by atoms with Crippen LogP contribution in [-0.4, -0.2) is 36.2 Å². The van der Waals surface area contributed by atoms with E-state index in [2.05, 4.69) is 4.90 Å². The van der Waals surface area contributed by atoms with Crippen LogP contribution in [0.4, 0.5) is 8.78 Å². The number of likely N-dealkylation sites (tertiary alicyclic amines) is 1. The van der Waals surface area contributed by atoms with Gasteiger partial charge in [0.2, 0.25) is 0 Å². The number of hydrogen-bond acceptors (Lipinski definition) is 3. The summed E-state index contributed by atoms with van der Waals surface area (Å²) in [5.74, 6) is -1.39. The van der Waals surface area contributed by atoms with Crippen LogP contribution in [0.3, 0.4) is 0 Å². The van der Waals surface area contributed by atoms with Gasteiger partial charge in [0.25, 0.3) is 0 Å². The van der Waals surface area contributed by atoms with Crippen LogP contribution in [0.2, 0.25) is 0 Å². The lowest BCUT2D eigenvalue weighted by Gasteiger charge is -2.20. The quantitative estimate of drug-likeness (QED) is 0.832. The van der Waals surface area contributed by atoms with Gasteiger partial charge in [0.1, 0.15) is 0 Å². The van der Waals surface area contributed by atoms with Gasteiger partial charge < -0.3 is 14.7 Å². The van der Waals surface area contributed by atoms with Crippen LogP contribution < -0.4 is 0 Å². The summed E-state index contributed by atoms with van der Waals surface area (Å²) in [6, 6.07) is 13.6. The van der Waals surface area contributed by atoms with Crippen LogP contribution in [0.15, 0.2) is 48.5 Å². The van der Waals surface area contributed by atoms with E-state index in [1.54, 1.807) is 0 Å². The molecule has 1 fully saturated rings. The number of hydrogen-bond donors (Lipinski definition) is 1. The Morgan fingerprint density at radius 2 is 1.92 bits per heavy atom. The van der Waals surface area contributed by atoms with Crippen molar-refractivity contribution in [2.24, 2.45) is 5.92 Å². The molecule has 0 aliphatic carbocycles. The highest BCUT2D eigenvalue weighted by molar-refractivity contribution is 5.20. The number of ether oxygens (including phenoxy) is 1. The summed E-state index contributed by atoms with van der Waals surface area (Å²) in [7, 11) is 0. The third kappa shape index (κ3) is 5.08. The van der Waals surface area contributed by atoms with E-state index in [0.29, 0.717) is 31.2 Å². The maximum Gasteiger partial charge on any atom is 0.159 e. The fraction of sp³-hybridized carbons (Fsp3) is 0.400. The lowest BCUT2D eigenvalue weighted by Crippen LogP contribution is -2.27. The zero-order chi connectivity index (χ0) is 17.6. The normalized spacial score (nSPS) is 19.2. The molecule has 2 atom stereocenters. The van der Waals surface area contributed by atoms with Crippen molar-refractivity contribution in [3.8, 4) is 0 Å². The van der Waals surface area contributed by atoms with Crippen molar-refractivity contribution in [1.82, 2.24) is 4.90 Å². The highest BCUT2D eigenvalue weighted by atomic mass is 19.2. The first-order chi connectivity index (χ1) is 12.1. The second-order valence-electron chi connectivity index (χ2n) is 6.60. The van der Waals surface area contributed by atoms with Crippen LogP contribution in [0.5, 0.6) is 0 Å². The van der Waals surface area contributed by atoms with Gasteiger partial charge in [-0.25, -0.2) is 8.78 Å². The Hall–Kier alpha value is -1.82. The molecule has 0 spiro atoms. The number of benzene rings is 2. The van der Waals surface area contributed by atoms with Gasteiger partial charge in [-0.15, -0.1) is 0 Å². The Morgan fingerprint density at radius 3 is 2.68 bits per heavy atom. The first kappa shape index (κ1) is 18.0. The molecular formula is C20H23F2NO2. The highest BCUT2D eigenvalue weighted by Crippen LogP contribution is 2.22. The summed E-state index contributed by atoms with van der Waals surface area (Å²) in [6.07, 6.45) is 0.193. The van der Waals surface area contributed by atoms with E-state index in [0.717, 1.165) is 37.2 Å². The average Bonchev–Trinajstić information content (AvgIpc) is 3.05. The summed E-state index contributed by atoms with van der Waals surface area (Å²) in [6.45, 7) is 3.43. The van der Waals surface area contributed by atoms with Gasteiger partial charge in [-0.2, -0.15) is 0 Å². The van der Waals surface area contributed by atoms with E-state index in [9.17, 15) is 13.9 Å². The lowest BCUT2D eigenvalue weighted by atomic mass is 10.1. The maximum atomic E-state index is 13.3. The molecule has 1 saturated heterocycles. The van der Waals surface area contributed by atoms with Crippen molar-refractivity contribution < 1.29 is 18.6 Å². The lowest BCUT2D eigenvalue weighted by molar-refractivity contribution is 0.0830. The Balaban J connectivity index is 1.42. The molecule has 25 heavy (non-hydrogen) atoms. The van der Waals surface area contributed by atoms with E-state index in [4.69, 9.17) is 4.74 Å². The summed E-state index contributed by atoms with van der Waals surface area (Å²) in [5, 5.41) is 10.2. The molecule has 2 aromatic carbocycles. The predicted molar refractivity (Wildman–Crippen MR) is 92.0 cm³/mol. The van der Waals surface area contributed by atoms with Crippen LogP contribution in [0, 0.1) is 17.6 Å². The Bertz CT molecular complexity index is 681. The first-order valence-electron chi connectivity index (χ1n) is 8.59. The fourth-order valence-corrected chi connectivity index (χ4v) is 3.20. The third-order valence-corrected chi connectivity index (χ3v) is 4.59. The Labute approximate surface area is 146 Å². The average molecular weight is 347 g/mol. The summed E-state index contributed by atoms with van der Waals surface area (Å²) < 4.78 is 32.0. The van der Waals surface area contributed by atoms with Gasteiger partial charge in [-0.1, -0.05) is 36.4 Å². The number of aliphatic hydroxyl groups excluding tert-OH is 1. The molecule has 3 nitrogen and oxygen atoms in total. The second kappa shape index (κ2) is 8.52. The van der Waals surface area contributed by atoms with Crippen molar-refractivity contribution in [3.05, 3.63) is 71.3 Å². The van der Waals surface area contributed by atoms with E-state index < -0.39 is 17.7 Å². The second-order valence-corrected chi connectivity index (χ2v) is 6.60. The van der Waals surface area contributed by atoms with Gasteiger partial charge >= 0.3 is 0 Å². The molecule has 1 aliphatic heterocycles. The fourth-order valence-electron chi connectivity index (χ4n) is 3.20. The summed E-state index contributed by atoms with van der Waals surface area (Å²) in [4.78, 5) is 2.14. The molecule has 0 aromatic heterocycles. The zero-order valence-electron chi connectivity index (χ0n) is 14.1. The topological polar surface area (TPSA) is 32.7 Å². The van der Waals surface area contributed by atoms with Crippen LogP contribution in [0.1, 0.15) is 23.7 Å². The Morgan fingerprint density at radius 1 is 1.12 bits per heavy atom. The molecule has 0 radical (unpaired) electrons. The highest BCUT2D eigenvalue weighted by Gasteiger charge is 2.25. The molecule has 3 rings (SSSR count). The molecule has 2 aromatic rings. The number of halogens is 2. The smallest absolute Gasteiger partial charge is 0.159 e.